The van der Waals surface area contributed by atoms with Crippen molar-refractivity contribution in [3.05, 3.63) is 39.9 Å². The van der Waals surface area contributed by atoms with E-state index in [-0.39, 0.29) is 23.1 Å². The highest BCUT2D eigenvalue weighted by Crippen LogP contribution is 2.31. The van der Waals surface area contributed by atoms with Crippen molar-refractivity contribution in [3.8, 4) is 0 Å². The molecule has 1 N–H and O–H groups in total. The Bertz CT molecular complexity index is 842. The number of amides is 2. The molecule has 28 heavy (non-hydrogen) atoms. The van der Waals surface area contributed by atoms with E-state index < -0.39 is 0 Å². The Morgan fingerprint density at radius 3 is 2.46 bits per heavy atom. The molecule has 1 saturated heterocycles. The highest BCUT2D eigenvalue weighted by atomic mass is 35.5. The number of hydrogen-bond donors (Lipinski definition) is 1. The van der Waals surface area contributed by atoms with Crippen LogP contribution in [0.5, 0.6) is 0 Å². The van der Waals surface area contributed by atoms with E-state index in [4.69, 9.17) is 11.6 Å². The lowest BCUT2D eigenvalue weighted by Gasteiger charge is -2.31. The van der Waals surface area contributed by atoms with Crippen LogP contribution in [0.2, 0.25) is 5.02 Å². The van der Waals surface area contributed by atoms with Gasteiger partial charge in [0.05, 0.1) is 0 Å². The number of nitrogens with one attached hydrogen (secondary N) is 1. The molecule has 0 saturated carbocycles. The molecule has 1 fully saturated rings. The van der Waals surface area contributed by atoms with Crippen molar-refractivity contribution in [1.29, 1.82) is 0 Å². The molecule has 6 nitrogen and oxygen atoms in total. The minimum Gasteiger partial charge on any atom is -0.339 e. The van der Waals surface area contributed by atoms with E-state index >= 15 is 0 Å². The summed E-state index contributed by atoms with van der Waals surface area (Å²) in [5.41, 5.74) is 0.570. The van der Waals surface area contributed by atoms with Crippen LogP contribution in [0.25, 0.3) is 0 Å². The van der Waals surface area contributed by atoms with Gasteiger partial charge in [-0.1, -0.05) is 43.7 Å². The van der Waals surface area contributed by atoms with Gasteiger partial charge in [-0.2, -0.15) is 0 Å². The zero-order valence-corrected chi connectivity index (χ0v) is 17.9. The van der Waals surface area contributed by atoms with Gasteiger partial charge < -0.3 is 10.2 Å². The molecule has 0 spiro atoms. The summed E-state index contributed by atoms with van der Waals surface area (Å²) < 4.78 is 0. The lowest BCUT2D eigenvalue weighted by atomic mass is 9.91. The van der Waals surface area contributed by atoms with Crippen LogP contribution < -0.4 is 5.32 Å². The fraction of sp³-hybridized carbons (Fsp3) is 0.500. The van der Waals surface area contributed by atoms with Crippen molar-refractivity contribution in [2.24, 2.45) is 5.92 Å². The van der Waals surface area contributed by atoms with E-state index in [2.05, 4.69) is 36.3 Å². The van der Waals surface area contributed by atoms with E-state index in [0.29, 0.717) is 41.6 Å². The second kappa shape index (κ2) is 8.57. The number of anilines is 1. The molecule has 2 amide bonds. The van der Waals surface area contributed by atoms with E-state index in [9.17, 15) is 9.59 Å². The van der Waals surface area contributed by atoms with Crippen LogP contribution in [0.4, 0.5) is 5.13 Å². The van der Waals surface area contributed by atoms with Crippen molar-refractivity contribution in [2.45, 2.75) is 45.4 Å². The Labute approximate surface area is 174 Å². The van der Waals surface area contributed by atoms with Gasteiger partial charge in [0.1, 0.15) is 5.01 Å². The topological polar surface area (TPSA) is 75.2 Å². The lowest BCUT2D eigenvalue weighted by Crippen LogP contribution is -2.41. The largest absolute Gasteiger partial charge is 0.339 e. The van der Waals surface area contributed by atoms with Gasteiger partial charge in [-0.15, -0.1) is 10.2 Å². The lowest BCUT2D eigenvalue weighted by molar-refractivity contribution is -0.121. The minimum absolute atomic E-state index is 0.0221. The molecule has 8 heteroatoms. The number of aromatic nitrogens is 2. The number of piperidine rings is 1. The number of rotatable bonds is 5. The average molecular weight is 421 g/mol. The van der Waals surface area contributed by atoms with Crippen LogP contribution in [-0.4, -0.2) is 40.0 Å². The number of carbonyl (C=O) groups is 2. The number of hydrogen-bond acceptors (Lipinski definition) is 5. The molecule has 1 aliphatic rings. The summed E-state index contributed by atoms with van der Waals surface area (Å²) in [6, 6.07) is 6.89. The molecule has 2 aromatic rings. The van der Waals surface area contributed by atoms with Crippen LogP contribution in [0, 0.1) is 5.92 Å². The Hall–Kier alpha value is -1.99. The maximum Gasteiger partial charge on any atom is 0.253 e. The van der Waals surface area contributed by atoms with Crippen molar-refractivity contribution >= 4 is 39.9 Å². The third kappa shape index (κ3) is 4.70. The minimum atomic E-state index is -0.124. The number of likely N-dealkylation sites (tertiary alicyclic amines) is 1. The highest BCUT2D eigenvalue weighted by molar-refractivity contribution is 7.15. The van der Waals surface area contributed by atoms with Gasteiger partial charge in [-0.3, -0.25) is 9.59 Å². The number of carbonyl (C=O) groups excluding carboxylic acids is 2. The van der Waals surface area contributed by atoms with Gasteiger partial charge in [0, 0.05) is 35.0 Å². The SMILES string of the molecule is CCC(C)(C)c1nnc(NC(=O)C2CCN(C(=O)c3ccc(Cl)cc3)CC2)s1. The van der Waals surface area contributed by atoms with Gasteiger partial charge in [0.15, 0.2) is 0 Å². The second-order valence-electron chi connectivity index (χ2n) is 7.71. The smallest absolute Gasteiger partial charge is 0.253 e. The maximum atomic E-state index is 12.6. The molecule has 1 aromatic carbocycles. The second-order valence-corrected chi connectivity index (χ2v) is 9.13. The molecule has 0 unspecified atom stereocenters. The first kappa shape index (κ1) is 20.7. The van der Waals surface area contributed by atoms with Crippen molar-refractivity contribution in [2.75, 3.05) is 18.4 Å². The first-order chi connectivity index (χ1) is 13.3. The fourth-order valence-corrected chi connectivity index (χ4v) is 4.07. The third-order valence-electron chi connectivity index (χ3n) is 5.36. The molecule has 150 valence electrons. The van der Waals surface area contributed by atoms with E-state index in [0.717, 1.165) is 11.4 Å². The van der Waals surface area contributed by atoms with Crippen LogP contribution in [0.15, 0.2) is 24.3 Å². The van der Waals surface area contributed by atoms with Crippen LogP contribution in [0.3, 0.4) is 0 Å². The Kier molecular flexibility index (Phi) is 6.35. The molecular weight excluding hydrogens is 396 g/mol. The summed E-state index contributed by atoms with van der Waals surface area (Å²) in [5.74, 6) is -0.192. The molecule has 2 heterocycles. The number of halogens is 1. The molecule has 1 aromatic heterocycles. The number of nitrogens with zero attached hydrogens (tertiary/aromatic N) is 3. The summed E-state index contributed by atoms with van der Waals surface area (Å²) in [6.45, 7) is 7.46. The quantitative estimate of drug-likeness (QED) is 0.779. The summed E-state index contributed by atoms with van der Waals surface area (Å²) in [7, 11) is 0. The molecule has 0 bridgehead atoms. The first-order valence-corrected chi connectivity index (χ1v) is 10.7. The van der Waals surface area contributed by atoms with E-state index in [1.54, 1.807) is 29.2 Å². The zero-order chi connectivity index (χ0) is 20.3. The van der Waals surface area contributed by atoms with Gasteiger partial charge >= 0.3 is 0 Å². The molecule has 0 aliphatic carbocycles. The van der Waals surface area contributed by atoms with E-state index in [1.807, 2.05) is 0 Å². The maximum absolute atomic E-state index is 12.6. The summed E-state index contributed by atoms with van der Waals surface area (Å²) >= 11 is 7.31. The molecule has 1 aliphatic heterocycles. The predicted molar refractivity (Wildman–Crippen MR) is 112 cm³/mol. The summed E-state index contributed by atoms with van der Waals surface area (Å²) in [4.78, 5) is 27.0. The first-order valence-electron chi connectivity index (χ1n) is 9.50. The van der Waals surface area contributed by atoms with Crippen LogP contribution in [0.1, 0.15) is 55.4 Å². The Balaban J connectivity index is 1.54. The van der Waals surface area contributed by atoms with Crippen molar-refractivity contribution in [3.63, 3.8) is 0 Å². The molecule has 3 rings (SSSR count). The van der Waals surface area contributed by atoms with E-state index in [1.165, 1.54) is 11.3 Å². The Morgan fingerprint density at radius 2 is 1.86 bits per heavy atom. The normalized spacial score (nSPS) is 15.5. The molecule has 0 radical (unpaired) electrons. The van der Waals surface area contributed by atoms with Gasteiger partial charge in [0.25, 0.3) is 5.91 Å². The monoisotopic (exact) mass is 420 g/mol. The van der Waals surface area contributed by atoms with Crippen molar-refractivity contribution in [1.82, 2.24) is 15.1 Å². The predicted octanol–water partition coefficient (Wildman–Crippen LogP) is 4.37. The standard InChI is InChI=1S/C20H25ClN4O2S/c1-4-20(2,3)18-23-24-19(28-18)22-16(26)13-9-11-25(12-10-13)17(27)14-5-7-15(21)8-6-14/h5-8,13H,4,9-12H2,1-3H3,(H,22,24,26). The van der Waals surface area contributed by atoms with Crippen molar-refractivity contribution < 1.29 is 9.59 Å². The van der Waals surface area contributed by atoms with Gasteiger partial charge in [-0.05, 0) is 43.5 Å². The number of benzene rings is 1. The van der Waals surface area contributed by atoms with Crippen LogP contribution in [-0.2, 0) is 10.2 Å². The summed E-state index contributed by atoms with van der Waals surface area (Å²) in [5, 5.41) is 13.3. The average Bonchev–Trinajstić information content (AvgIpc) is 3.17. The van der Waals surface area contributed by atoms with Gasteiger partial charge in [-0.25, -0.2) is 0 Å². The Morgan fingerprint density at radius 1 is 1.21 bits per heavy atom. The zero-order valence-electron chi connectivity index (χ0n) is 16.4. The van der Waals surface area contributed by atoms with Gasteiger partial charge in [0.2, 0.25) is 11.0 Å². The van der Waals surface area contributed by atoms with Crippen LogP contribution >= 0.6 is 22.9 Å². The fourth-order valence-electron chi connectivity index (χ4n) is 3.03. The summed E-state index contributed by atoms with van der Waals surface area (Å²) in [6.07, 6.45) is 2.23. The third-order valence-corrected chi connectivity index (χ3v) is 6.82. The highest BCUT2D eigenvalue weighted by Gasteiger charge is 2.29. The molecular formula is C20H25ClN4O2S. The molecule has 0 atom stereocenters.